The summed E-state index contributed by atoms with van der Waals surface area (Å²) in [6, 6.07) is 49.1. The van der Waals surface area contributed by atoms with Crippen LogP contribution < -0.4 is 5.32 Å². The zero-order chi connectivity index (χ0) is 30.8. The van der Waals surface area contributed by atoms with E-state index in [0.717, 1.165) is 25.7 Å². The van der Waals surface area contributed by atoms with E-state index in [1.165, 1.54) is 38.9 Å². The molecule has 1 N–H and O–H groups in total. The number of carbonyl (C=O) groups excluding carboxylic acids is 2. The SMILES string of the molecule is O=C1CC[C@@H](Cc2ccc(-c3ccccc3)cc2)N1.O=C1CC[C@@H](Cc2ccc(-c3ccccc3)cc2)N1Cc1ccccc1. The molecular formula is C41H40N2O2. The van der Waals surface area contributed by atoms with Crippen LogP contribution in [0.5, 0.6) is 0 Å². The molecule has 4 heteroatoms. The molecule has 0 aliphatic carbocycles. The average molecular weight is 593 g/mol. The molecule has 0 radical (unpaired) electrons. The first-order valence-corrected chi connectivity index (χ1v) is 16.0. The van der Waals surface area contributed by atoms with Gasteiger partial charge in [0.15, 0.2) is 0 Å². The lowest BCUT2D eigenvalue weighted by atomic mass is 9.99. The Morgan fingerprint density at radius 1 is 0.511 bits per heavy atom. The van der Waals surface area contributed by atoms with Gasteiger partial charge in [-0.3, -0.25) is 9.59 Å². The second-order valence-corrected chi connectivity index (χ2v) is 12.0. The van der Waals surface area contributed by atoms with Gasteiger partial charge in [-0.2, -0.15) is 0 Å². The van der Waals surface area contributed by atoms with Gasteiger partial charge in [0.25, 0.3) is 0 Å². The normalized spacial score (nSPS) is 17.5. The molecule has 0 saturated carbocycles. The van der Waals surface area contributed by atoms with Gasteiger partial charge in [0.05, 0.1) is 0 Å². The molecule has 226 valence electrons. The molecule has 5 aromatic carbocycles. The Labute approximate surface area is 266 Å². The standard InChI is InChI=1S/C24H23NO.C17H17NO/c26-24-16-15-23(25(24)18-20-7-3-1-4-8-20)17-19-11-13-22(14-12-19)21-9-5-2-6-10-21;19-17-11-10-16(18-17)12-13-6-8-15(9-7-13)14-4-2-1-3-5-14/h1-14,23H,15-18H2;1-9,16H,10-12H2,(H,18,19)/t23-;16-/m00/s1. The van der Waals surface area contributed by atoms with E-state index in [-0.39, 0.29) is 11.8 Å². The van der Waals surface area contributed by atoms with Crippen molar-refractivity contribution in [3.8, 4) is 22.3 Å². The van der Waals surface area contributed by atoms with Crippen molar-refractivity contribution < 1.29 is 9.59 Å². The van der Waals surface area contributed by atoms with Gasteiger partial charge in [0.1, 0.15) is 0 Å². The van der Waals surface area contributed by atoms with Gasteiger partial charge < -0.3 is 10.2 Å². The lowest BCUT2D eigenvalue weighted by Crippen LogP contribution is -2.33. The molecule has 2 aliphatic rings. The summed E-state index contributed by atoms with van der Waals surface area (Å²) in [7, 11) is 0. The number of benzene rings is 5. The zero-order valence-corrected chi connectivity index (χ0v) is 25.6. The summed E-state index contributed by atoms with van der Waals surface area (Å²) >= 11 is 0. The number of hydrogen-bond acceptors (Lipinski definition) is 2. The van der Waals surface area contributed by atoms with Crippen molar-refractivity contribution in [2.75, 3.05) is 0 Å². The minimum atomic E-state index is 0.186. The largest absolute Gasteiger partial charge is 0.353 e. The fourth-order valence-electron chi connectivity index (χ4n) is 6.32. The fourth-order valence-corrected chi connectivity index (χ4v) is 6.32. The minimum Gasteiger partial charge on any atom is -0.353 e. The maximum atomic E-state index is 12.3. The van der Waals surface area contributed by atoms with Crippen LogP contribution in [0.4, 0.5) is 0 Å². The summed E-state index contributed by atoms with van der Waals surface area (Å²) in [4.78, 5) is 25.6. The molecule has 2 saturated heterocycles. The van der Waals surface area contributed by atoms with Gasteiger partial charge in [-0.1, -0.05) is 140 Å². The molecule has 0 spiro atoms. The third-order valence-corrected chi connectivity index (χ3v) is 8.81. The molecule has 2 aliphatic heterocycles. The molecule has 4 nitrogen and oxygen atoms in total. The van der Waals surface area contributed by atoms with Crippen LogP contribution in [0.25, 0.3) is 22.3 Å². The van der Waals surface area contributed by atoms with Crippen molar-refractivity contribution >= 4 is 11.8 Å². The number of hydrogen-bond donors (Lipinski definition) is 1. The van der Waals surface area contributed by atoms with Gasteiger partial charge in [-0.15, -0.1) is 0 Å². The van der Waals surface area contributed by atoms with E-state index in [0.29, 0.717) is 31.5 Å². The number of likely N-dealkylation sites (tertiary alicyclic amines) is 1. The highest BCUT2D eigenvalue weighted by Crippen LogP contribution is 2.26. The van der Waals surface area contributed by atoms with Crippen molar-refractivity contribution in [2.24, 2.45) is 0 Å². The van der Waals surface area contributed by atoms with Crippen LogP contribution in [0.2, 0.25) is 0 Å². The summed E-state index contributed by atoms with van der Waals surface area (Å²) in [5, 5.41) is 3.01. The highest BCUT2D eigenvalue weighted by molar-refractivity contribution is 5.79. The first-order valence-electron chi connectivity index (χ1n) is 16.0. The minimum absolute atomic E-state index is 0.186. The highest BCUT2D eigenvalue weighted by Gasteiger charge is 2.30. The quantitative estimate of drug-likeness (QED) is 0.197. The maximum Gasteiger partial charge on any atom is 0.223 e. The zero-order valence-electron chi connectivity index (χ0n) is 25.6. The van der Waals surface area contributed by atoms with Gasteiger partial charge in [-0.25, -0.2) is 0 Å². The highest BCUT2D eigenvalue weighted by atomic mass is 16.2. The van der Waals surface area contributed by atoms with Crippen LogP contribution in [0.15, 0.2) is 140 Å². The third-order valence-electron chi connectivity index (χ3n) is 8.81. The molecule has 0 aromatic heterocycles. The Morgan fingerprint density at radius 3 is 1.51 bits per heavy atom. The molecular weight excluding hydrogens is 552 g/mol. The first-order chi connectivity index (χ1) is 22.1. The van der Waals surface area contributed by atoms with E-state index in [1.54, 1.807) is 0 Å². The van der Waals surface area contributed by atoms with E-state index in [1.807, 2.05) is 30.3 Å². The molecule has 2 heterocycles. The Bertz CT molecular complexity index is 1670. The topological polar surface area (TPSA) is 49.4 Å². The maximum absolute atomic E-state index is 12.3. The smallest absolute Gasteiger partial charge is 0.223 e. The number of nitrogens with zero attached hydrogens (tertiary/aromatic N) is 1. The Balaban J connectivity index is 0.000000167. The number of amides is 2. The van der Waals surface area contributed by atoms with Crippen LogP contribution in [0.3, 0.4) is 0 Å². The first kappa shape index (κ1) is 30.1. The van der Waals surface area contributed by atoms with E-state index < -0.39 is 0 Å². The van der Waals surface area contributed by atoms with Crippen LogP contribution >= 0.6 is 0 Å². The summed E-state index contributed by atoms with van der Waals surface area (Å²) in [6.07, 6.45) is 5.10. The lowest BCUT2D eigenvalue weighted by Gasteiger charge is -2.25. The second kappa shape index (κ2) is 14.7. The predicted molar refractivity (Wildman–Crippen MR) is 182 cm³/mol. The van der Waals surface area contributed by atoms with Crippen LogP contribution in [0.1, 0.15) is 42.4 Å². The molecule has 2 atom stereocenters. The van der Waals surface area contributed by atoms with E-state index in [2.05, 4.69) is 119 Å². The summed E-state index contributed by atoms with van der Waals surface area (Å²) in [5.74, 6) is 0.464. The van der Waals surface area contributed by atoms with Crippen molar-refractivity contribution in [3.05, 3.63) is 156 Å². The monoisotopic (exact) mass is 592 g/mol. The van der Waals surface area contributed by atoms with Gasteiger partial charge in [-0.05, 0) is 64.6 Å². The predicted octanol–water partition coefficient (Wildman–Crippen LogP) is 8.26. The van der Waals surface area contributed by atoms with Crippen molar-refractivity contribution in [1.29, 1.82) is 0 Å². The Kier molecular flexibility index (Phi) is 9.81. The molecule has 0 bridgehead atoms. The third kappa shape index (κ3) is 8.16. The fraction of sp³-hybridized carbons (Fsp3) is 0.220. The second-order valence-electron chi connectivity index (χ2n) is 12.0. The van der Waals surface area contributed by atoms with Crippen molar-refractivity contribution in [3.63, 3.8) is 0 Å². The number of rotatable bonds is 8. The average Bonchev–Trinajstić information content (AvgIpc) is 3.67. The molecule has 5 aromatic rings. The van der Waals surface area contributed by atoms with Crippen molar-refractivity contribution in [2.45, 2.75) is 57.2 Å². The molecule has 2 fully saturated rings. The Hall–Kier alpha value is -4.96. The molecule has 7 rings (SSSR count). The summed E-state index contributed by atoms with van der Waals surface area (Å²) in [5.41, 5.74) is 8.73. The van der Waals surface area contributed by atoms with E-state index in [4.69, 9.17) is 0 Å². The van der Waals surface area contributed by atoms with Crippen LogP contribution in [-0.4, -0.2) is 28.8 Å². The van der Waals surface area contributed by atoms with Crippen molar-refractivity contribution in [1.82, 2.24) is 10.2 Å². The van der Waals surface area contributed by atoms with Gasteiger partial charge in [0, 0.05) is 31.5 Å². The van der Waals surface area contributed by atoms with E-state index in [9.17, 15) is 9.59 Å². The summed E-state index contributed by atoms with van der Waals surface area (Å²) in [6.45, 7) is 0.715. The molecule has 2 amide bonds. The number of nitrogens with one attached hydrogen (secondary N) is 1. The van der Waals surface area contributed by atoms with E-state index >= 15 is 0 Å². The molecule has 0 unspecified atom stereocenters. The van der Waals surface area contributed by atoms with Gasteiger partial charge >= 0.3 is 0 Å². The number of carbonyl (C=O) groups is 2. The Morgan fingerprint density at radius 2 is 1.00 bits per heavy atom. The molecule has 45 heavy (non-hydrogen) atoms. The van der Waals surface area contributed by atoms with Crippen LogP contribution in [-0.2, 0) is 29.0 Å². The summed E-state index contributed by atoms with van der Waals surface area (Å²) < 4.78 is 0. The van der Waals surface area contributed by atoms with Gasteiger partial charge in [0.2, 0.25) is 11.8 Å². The van der Waals surface area contributed by atoms with Crippen LogP contribution in [0, 0.1) is 0 Å². The lowest BCUT2D eigenvalue weighted by molar-refractivity contribution is -0.129.